The Morgan fingerprint density at radius 1 is 1.79 bits per heavy atom. The van der Waals surface area contributed by atoms with Crippen LogP contribution in [0.3, 0.4) is 0 Å². The number of hydrogen-bond acceptors (Lipinski definition) is 4. The van der Waals surface area contributed by atoms with Gasteiger partial charge in [-0.2, -0.15) is 0 Å². The summed E-state index contributed by atoms with van der Waals surface area (Å²) in [5.41, 5.74) is 10.6. The first-order valence-electron chi connectivity index (χ1n) is 4.00. The van der Waals surface area contributed by atoms with Crippen molar-refractivity contribution in [1.82, 2.24) is 10.2 Å². The van der Waals surface area contributed by atoms with E-state index in [1.807, 2.05) is 0 Å². The van der Waals surface area contributed by atoms with E-state index in [4.69, 9.17) is 16.6 Å². The van der Waals surface area contributed by atoms with Gasteiger partial charge in [0.05, 0.1) is 0 Å². The molecule has 1 aliphatic rings. The van der Waals surface area contributed by atoms with Crippen LogP contribution in [0.15, 0.2) is 11.9 Å². The van der Waals surface area contributed by atoms with E-state index in [0.717, 1.165) is 0 Å². The van der Waals surface area contributed by atoms with Gasteiger partial charge in [0.15, 0.2) is 0 Å². The number of amides is 2. The lowest BCUT2D eigenvalue weighted by Gasteiger charge is -2.26. The molecule has 14 heavy (non-hydrogen) atoms. The summed E-state index contributed by atoms with van der Waals surface area (Å²) in [7, 11) is 0. The second-order valence-electron chi connectivity index (χ2n) is 2.94. The molecule has 1 rings (SSSR count). The van der Waals surface area contributed by atoms with Crippen LogP contribution in [0.5, 0.6) is 0 Å². The molecular formula is C7H12N4O3. The summed E-state index contributed by atoms with van der Waals surface area (Å²) in [6.45, 7) is 0.240. The van der Waals surface area contributed by atoms with Crippen LogP contribution in [0.25, 0.3) is 0 Å². The number of nitrogens with zero attached hydrogens (tertiary/aromatic N) is 1. The van der Waals surface area contributed by atoms with Crippen molar-refractivity contribution in [3.8, 4) is 0 Å². The minimum Gasteiger partial charge on any atom is -0.480 e. The molecule has 0 saturated carbocycles. The lowest BCUT2D eigenvalue weighted by Crippen LogP contribution is -2.51. The summed E-state index contributed by atoms with van der Waals surface area (Å²) in [5, 5.41) is 10.9. The van der Waals surface area contributed by atoms with E-state index >= 15 is 0 Å². The van der Waals surface area contributed by atoms with Gasteiger partial charge in [0.1, 0.15) is 11.9 Å². The first kappa shape index (κ1) is 10.3. The molecule has 2 amide bonds. The summed E-state index contributed by atoms with van der Waals surface area (Å²) >= 11 is 0. The predicted octanol–water partition coefficient (Wildman–Crippen LogP) is -1.78. The molecule has 0 aromatic heterocycles. The molecular weight excluding hydrogens is 188 g/mol. The van der Waals surface area contributed by atoms with Crippen molar-refractivity contribution in [3.05, 3.63) is 11.9 Å². The van der Waals surface area contributed by atoms with Crippen molar-refractivity contribution in [2.24, 2.45) is 11.5 Å². The summed E-state index contributed by atoms with van der Waals surface area (Å²) in [6, 6.07) is -1.50. The van der Waals surface area contributed by atoms with E-state index in [-0.39, 0.29) is 18.9 Å². The van der Waals surface area contributed by atoms with Gasteiger partial charge in [-0.05, 0) is 6.08 Å². The second-order valence-corrected chi connectivity index (χ2v) is 2.94. The maximum atomic E-state index is 11.2. The highest BCUT2D eigenvalue weighted by Gasteiger charge is 2.22. The third kappa shape index (κ3) is 2.36. The summed E-state index contributed by atoms with van der Waals surface area (Å²) in [4.78, 5) is 22.9. The molecule has 6 N–H and O–H groups in total. The van der Waals surface area contributed by atoms with Crippen LogP contribution in [0.1, 0.15) is 0 Å². The minimum absolute atomic E-state index is 0.0368. The van der Waals surface area contributed by atoms with Gasteiger partial charge in [0.25, 0.3) is 0 Å². The number of carboxylic acids is 1. The second kappa shape index (κ2) is 3.97. The van der Waals surface area contributed by atoms with Crippen LogP contribution in [-0.2, 0) is 4.79 Å². The van der Waals surface area contributed by atoms with E-state index < -0.39 is 18.0 Å². The summed E-state index contributed by atoms with van der Waals surface area (Å²) in [5.74, 6) is -0.865. The van der Waals surface area contributed by atoms with Crippen LogP contribution in [-0.4, -0.2) is 41.1 Å². The molecule has 0 unspecified atom stereocenters. The van der Waals surface area contributed by atoms with Crippen molar-refractivity contribution < 1.29 is 14.7 Å². The molecule has 0 saturated heterocycles. The number of rotatable bonds is 3. The smallest absolute Gasteiger partial charge is 0.323 e. The third-order valence-electron chi connectivity index (χ3n) is 1.80. The van der Waals surface area contributed by atoms with E-state index in [1.165, 1.54) is 4.90 Å². The zero-order chi connectivity index (χ0) is 10.7. The number of carboxylic acid groups (broad SMARTS) is 1. The van der Waals surface area contributed by atoms with Crippen molar-refractivity contribution in [1.29, 1.82) is 0 Å². The first-order valence-corrected chi connectivity index (χ1v) is 4.00. The maximum Gasteiger partial charge on any atom is 0.323 e. The van der Waals surface area contributed by atoms with Crippen molar-refractivity contribution in [3.63, 3.8) is 0 Å². The molecule has 0 bridgehead atoms. The summed E-state index contributed by atoms with van der Waals surface area (Å²) < 4.78 is 0. The van der Waals surface area contributed by atoms with Crippen molar-refractivity contribution >= 4 is 12.0 Å². The number of aliphatic carboxylic acids is 1. The van der Waals surface area contributed by atoms with E-state index in [1.54, 1.807) is 6.08 Å². The maximum absolute atomic E-state index is 11.2. The Morgan fingerprint density at radius 2 is 2.43 bits per heavy atom. The normalized spacial score (nSPS) is 18.5. The lowest BCUT2D eigenvalue weighted by molar-refractivity contribution is -0.138. The highest BCUT2D eigenvalue weighted by atomic mass is 16.4. The molecule has 0 spiro atoms. The van der Waals surface area contributed by atoms with E-state index in [9.17, 15) is 9.59 Å². The van der Waals surface area contributed by atoms with Gasteiger partial charge in [0, 0.05) is 13.1 Å². The minimum atomic E-state index is -1.14. The Balaban J connectivity index is 2.54. The third-order valence-corrected chi connectivity index (χ3v) is 1.80. The number of carbonyl (C=O) groups excluding carboxylic acids is 1. The van der Waals surface area contributed by atoms with Crippen LogP contribution < -0.4 is 16.8 Å². The molecule has 1 aliphatic heterocycles. The number of hydrogen-bond donors (Lipinski definition) is 4. The Kier molecular flexibility index (Phi) is 2.92. The van der Waals surface area contributed by atoms with Crippen LogP contribution in [0.2, 0.25) is 0 Å². The molecule has 0 aliphatic carbocycles. The molecule has 78 valence electrons. The monoisotopic (exact) mass is 200 g/mol. The van der Waals surface area contributed by atoms with Gasteiger partial charge in [0.2, 0.25) is 0 Å². The molecule has 7 nitrogen and oxygen atoms in total. The highest BCUT2D eigenvalue weighted by Crippen LogP contribution is 1.99. The average molecular weight is 200 g/mol. The zero-order valence-corrected chi connectivity index (χ0v) is 7.43. The fourth-order valence-electron chi connectivity index (χ4n) is 1.02. The van der Waals surface area contributed by atoms with Gasteiger partial charge >= 0.3 is 12.0 Å². The van der Waals surface area contributed by atoms with Crippen molar-refractivity contribution in [2.75, 3.05) is 13.1 Å². The number of nitrogens with one attached hydrogen (secondary N) is 1. The first-order chi connectivity index (χ1) is 6.50. The Hall–Kier alpha value is -1.76. The lowest BCUT2D eigenvalue weighted by atomic mass is 10.3. The fourth-order valence-corrected chi connectivity index (χ4v) is 1.02. The fraction of sp³-hybridized carbons (Fsp3) is 0.429. The van der Waals surface area contributed by atoms with Crippen LogP contribution in [0, 0.1) is 0 Å². The topological polar surface area (TPSA) is 122 Å². The van der Waals surface area contributed by atoms with Gasteiger partial charge in [-0.1, -0.05) is 0 Å². The predicted molar refractivity (Wildman–Crippen MR) is 48.0 cm³/mol. The van der Waals surface area contributed by atoms with Gasteiger partial charge in [-0.25, -0.2) is 4.79 Å². The number of urea groups is 1. The van der Waals surface area contributed by atoms with Gasteiger partial charge in [-0.3, -0.25) is 10.1 Å². The van der Waals surface area contributed by atoms with Gasteiger partial charge in [-0.15, -0.1) is 0 Å². The van der Waals surface area contributed by atoms with E-state index in [2.05, 4.69) is 5.32 Å². The zero-order valence-electron chi connectivity index (χ0n) is 7.43. The van der Waals surface area contributed by atoms with Crippen LogP contribution in [0.4, 0.5) is 4.79 Å². The van der Waals surface area contributed by atoms with Crippen LogP contribution >= 0.6 is 0 Å². The quantitative estimate of drug-likeness (QED) is 0.429. The molecule has 7 heteroatoms. The Morgan fingerprint density at radius 3 is 2.93 bits per heavy atom. The highest BCUT2D eigenvalue weighted by molar-refractivity contribution is 5.79. The number of nitrogens with two attached hydrogens (primary N) is 2. The van der Waals surface area contributed by atoms with Gasteiger partial charge < -0.3 is 21.5 Å². The standard InChI is InChI=1S/C7H12N4O3/c8-4(6(12)13)3-11-2-1-5(9)10-7(11)14/h1,4H,2-3,8-9H2,(H,10,14)(H,12,13)/t4-/m0/s1. The Labute approximate surface area is 80.3 Å². The average Bonchev–Trinajstić information content (AvgIpc) is 2.09. The Bertz CT molecular complexity index is 289. The largest absolute Gasteiger partial charge is 0.480 e. The molecule has 1 atom stereocenters. The number of carbonyl (C=O) groups is 2. The molecule has 0 fully saturated rings. The molecule has 0 aromatic carbocycles. The molecule has 0 aromatic rings. The molecule has 1 heterocycles. The summed E-state index contributed by atoms with van der Waals surface area (Å²) in [6.07, 6.45) is 1.58. The molecule has 0 radical (unpaired) electrons. The van der Waals surface area contributed by atoms with Crippen molar-refractivity contribution in [2.45, 2.75) is 6.04 Å². The van der Waals surface area contributed by atoms with E-state index in [0.29, 0.717) is 0 Å². The SMILES string of the molecule is NC1=CCN(C[C@H](N)C(=O)O)C(=O)N1.